The van der Waals surface area contributed by atoms with E-state index in [-0.39, 0.29) is 42.2 Å². The van der Waals surface area contributed by atoms with Gasteiger partial charge in [0.1, 0.15) is 29.7 Å². The maximum Gasteiger partial charge on any atom is 0.244 e. The Balaban J connectivity index is 1.28. The van der Waals surface area contributed by atoms with Crippen molar-refractivity contribution in [3.05, 3.63) is 107 Å². The lowest BCUT2D eigenvalue weighted by Crippen LogP contribution is -2.42. The second-order valence-corrected chi connectivity index (χ2v) is 9.88. The molecule has 1 amide bonds. The normalized spacial score (nSPS) is 16.8. The minimum Gasteiger partial charge on any atom is -0.457 e. The second kappa shape index (κ2) is 11.6. The average molecular weight is 531 g/mol. The first-order chi connectivity index (χ1) is 18.8. The molecule has 3 aromatic carbocycles. The number of benzene rings is 3. The first-order valence-corrected chi connectivity index (χ1v) is 12.8. The predicted octanol–water partition coefficient (Wildman–Crippen LogP) is 4.93. The summed E-state index contributed by atoms with van der Waals surface area (Å²) >= 11 is 0. The van der Waals surface area contributed by atoms with Gasteiger partial charge in [0, 0.05) is 19.2 Å². The number of carbonyl (C=O) groups excluding carboxylic acids is 2. The Kier molecular flexibility index (Phi) is 7.76. The highest BCUT2D eigenvalue weighted by atomic mass is 19.1. The van der Waals surface area contributed by atoms with E-state index in [0.717, 1.165) is 16.7 Å². The molecular weight excluding hydrogens is 502 g/mol. The monoisotopic (exact) mass is 530 g/mol. The van der Waals surface area contributed by atoms with E-state index in [1.165, 1.54) is 35.1 Å². The van der Waals surface area contributed by atoms with Crippen molar-refractivity contribution in [1.29, 1.82) is 0 Å². The molecule has 0 aliphatic carbocycles. The second-order valence-electron chi connectivity index (χ2n) is 9.88. The highest BCUT2D eigenvalue weighted by Gasteiger charge is 2.39. The van der Waals surface area contributed by atoms with Gasteiger partial charge < -0.3 is 9.64 Å². The lowest BCUT2D eigenvalue weighted by molar-refractivity contribution is -0.138. The van der Waals surface area contributed by atoms with E-state index in [1.807, 2.05) is 19.1 Å². The number of ether oxygens (including phenoxy) is 1. The summed E-state index contributed by atoms with van der Waals surface area (Å²) in [5.41, 5.74) is 2.66. The Morgan fingerprint density at radius 3 is 2.33 bits per heavy atom. The van der Waals surface area contributed by atoms with E-state index in [9.17, 15) is 18.4 Å². The number of likely N-dealkylation sites (tertiary alicyclic amines) is 1. The first-order valence-electron chi connectivity index (χ1n) is 12.8. The van der Waals surface area contributed by atoms with Crippen molar-refractivity contribution < 1.29 is 23.1 Å². The lowest BCUT2D eigenvalue weighted by atomic mass is 9.92. The van der Waals surface area contributed by atoms with Gasteiger partial charge in [0.05, 0.1) is 12.2 Å². The van der Waals surface area contributed by atoms with Crippen molar-refractivity contribution in [2.45, 2.75) is 38.8 Å². The Hall–Kier alpha value is -4.40. The summed E-state index contributed by atoms with van der Waals surface area (Å²) in [6.07, 6.45) is 4.46. The molecule has 0 N–H and O–H groups in total. The van der Waals surface area contributed by atoms with Gasteiger partial charge in [-0.25, -0.2) is 13.5 Å². The van der Waals surface area contributed by atoms with Crippen molar-refractivity contribution in [3.8, 4) is 11.5 Å². The van der Waals surface area contributed by atoms with Crippen LogP contribution in [0.15, 0.2) is 79.1 Å². The molecule has 7 nitrogen and oxygen atoms in total. The summed E-state index contributed by atoms with van der Waals surface area (Å²) in [5.74, 6) is 0.275. The lowest BCUT2D eigenvalue weighted by Gasteiger charge is -2.23. The molecule has 2 atom stereocenters. The molecule has 5 rings (SSSR count). The third kappa shape index (κ3) is 6.54. The molecule has 1 fully saturated rings. The molecule has 0 spiro atoms. The van der Waals surface area contributed by atoms with Gasteiger partial charge in [0.25, 0.3) is 0 Å². The molecular formula is C30H28F2N4O3. The molecule has 4 aromatic rings. The van der Waals surface area contributed by atoms with Crippen molar-refractivity contribution in [1.82, 2.24) is 19.9 Å². The van der Waals surface area contributed by atoms with E-state index in [4.69, 9.17) is 4.74 Å². The van der Waals surface area contributed by atoms with Crippen LogP contribution in [-0.4, -0.2) is 44.2 Å². The highest BCUT2D eigenvalue weighted by molar-refractivity contribution is 5.91. The van der Waals surface area contributed by atoms with Gasteiger partial charge >= 0.3 is 0 Å². The smallest absolute Gasteiger partial charge is 0.244 e. The zero-order valence-corrected chi connectivity index (χ0v) is 21.5. The van der Waals surface area contributed by atoms with Crippen LogP contribution in [0.4, 0.5) is 8.78 Å². The van der Waals surface area contributed by atoms with Crippen LogP contribution in [0.2, 0.25) is 0 Å². The SMILES string of the molecule is Cc1cc(F)ccc1C[C@@H]1C[C@@H](C(=O)Cc2ccc(Oc3ccc(F)cc3)cc2)N(C(=O)Cn2ccnn2)C1. The van der Waals surface area contributed by atoms with Crippen molar-refractivity contribution in [3.63, 3.8) is 0 Å². The number of amides is 1. The van der Waals surface area contributed by atoms with E-state index >= 15 is 0 Å². The summed E-state index contributed by atoms with van der Waals surface area (Å²) in [6, 6.07) is 17.0. The van der Waals surface area contributed by atoms with E-state index in [0.29, 0.717) is 30.9 Å². The van der Waals surface area contributed by atoms with Crippen molar-refractivity contribution in [2.24, 2.45) is 5.92 Å². The van der Waals surface area contributed by atoms with Crippen LogP contribution in [0.3, 0.4) is 0 Å². The van der Waals surface area contributed by atoms with Crippen LogP contribution in [-0.2, 0) is 29.0 Å². The minimum absolute atomic E-state index is 0.00149. The number of aromatic nitrogens is 3. The number of hydrogen-bond acceptors (Lipinski definition) is 5. The molecule has 1 aliphatic rings. The highest BCUT2D eigenvalue weighted by Crippen LogP contribution is 2.30. The molecule has 0 radical (unpaired) electrons. The number of nitrogens with zero attached hydrogens (tertiary/aromatic N) is 4. The Bertz CT molecular complexity index is 1440. The summed E-state index contributed by atoms with van der Waals surface area (Å²) in [5, 5.41) is 7.64. The quantitative estimate of drug-likeness (QED) is 0.307. The van der Waals surface area contributed by atoms with Crippen molar-refractivity contribution in [2.75, 3.05) is 6.54 Å². The molecule has 0 saturated carbocycles. The molecule has 0 bridgehead atoms. The van der Waals surface area contributed by atoms with Crippen LogP contribution in [0.1, 0.15) is 23.1 Å². The number of carbonyl (C=O) groups is 2. The van der Waals surface area contributed by atoms with Gasteiger partial charge in [0.2, 0.25) is 5.91 Å². The van der Waals surface area contributed by atoms with Crippen molar-refractivity contribution >= 4 is 11.7 Å². The van der Waals surface area contributed by atoms with E-state index < -0.39 is 6.04 Å². The summed E-state index contributed by atoms with van der Waals surface area (Å²) < 4.78 is 33.9. The molecule has 1 aliphatic heterocycles. The van der Waals surface area contributed by atoms with Crippen LogP contribution in [0.5, 0.6) is 11.5 Å². The topological polar surface area (TPSA) is 77.3 Å². The molecule has 1 aromatic heterocycles. The van der Waals surface area contributed by atoms with Gasteiger partial charge in [-0.2, -0.15) is 0 Å². The Labute approximate surface area is 225 Å². The summed E-state index contributed by atoms with van der Waals surface area (Å²) in [6.45, 7) is 2.31. The van der Waals surface area contributed by atoms with Gasteiger partial charge in [-0.15, -0.1) is 5.10 Å². The van der Waals surface area contributed by atoms with Crippen LogP contribution in [0, 0.1) is 24.5 Å². The average Bonchev–Trinajstić information content (AvgIpc) is 3.58. The van der Waals surface area contributed by atoms with Crippen LogP contribution in [0.25, 0.3) is 0 Å². The van der Waals surface area contributed by atoms with E-state index in [2.05, 4.69) is 10.3 Å². The number of aryl methyl sites for hydroxylation is 1. The van der Waals surface area contributed by atoms with Gasteiger partial charge in [-0.3, -0.25) is 9.59 Å². The first kappa shape index (κ1) is 26.2. The Morgan fingerprint density at radius 2 is 1.67 bits per heavy atom. The zero-order valence-electron chi connectivity index (χ0n) is 21.5. The number of hydrogen-bond donors (Lipinski definition) is 0. The Morgan fingerprint density at radius 1 is 0.974 bits per heavy atom. The molecule has 200 valence electrons. The maximum absolute atomic E-state index is 13.6. The molecule has 39 heavy (non-hydrogen) atoms. The number of halogens is 2. The third-order valence-corrected chi connectivity index (χ3v) is 7.01. The predicted molar refractivity (Wildman–Crippen MR) is 140 cm³/mol. The fourth-order valence-corrected chi connectivity index (χ4v) is 5.03. The molecule has 9 heteroatoms. The summed E-state index contributed by atoms with van der Waals surface area (Å²) in [7, 11) is 0. The maximum atomic E-state index is 13.6. The largest absolute Gasteiger partial charge is 0.457 e. The standard InChI is InChI=1S/C30H28F2N4O3/c1-20-14-25(32)5-4-23(20)15-22-16-28(36(18-22)30(38)19-35-13-12-33-34-35)29(37)17-21-2-8-26(9-3-21)39-27-10-6-24(31)7-11-27/h2-14,22,28H,15-19H2,1H3/t22-,28+/m1/s1. The summed E-state index contributed by atoms with van der Waals surface area (Å²) in [4.78, 5) is 28.4. The third-order valence-electron chi connectivity index (χ3n) is 7.01. The fraction of sp³-hybridized carbons (Fsp3) is 0.267. The molecule has 2 heterocycles. The van der Waals surface area contributed by atoms with Gasteiger partial charge in [0.15, 0.2) is 5.78 Å². The molecule has 0 unspecified atom stereocenters. The zero-order chi connectivity index (χ0) is 27.4. The number of rotatable bonds is 9. The fourth-order valence-electron chi connectivity index (χ4n) is 5.03. The van der Waals surface area contributed by atoms with Gasteiger partial charge in [-0.05, 0) is 90.9 Å². The number of Topliss-reactive ketones (excluding diaryl/α,β-unsaturated/α-hetero) is 1. The van der Waals surface area contributed by atoms with Crippen LogP contribution < -0.4 is 4.74 Å². The number of ketones is 1. The minimum atomic E-state index is -0.568. The molecule has 1 saturated heterocycles. The van der Waals surface area contributed by atoms with E-state index in [1.54, 1.807) is 41.4 Å². The van der Waals surface area contributed by atoms with Gasteiger partial charge in [-0.1, -0.05) is 23.4 Å². The van der Waals surface area contributed by atoms with Crippen LogP contribution >= 0.6 is 0 Å².